The largest absolute Gasteiger partial charge is 0.469 e. The molecule has 2 rings (SSSR count). The average Bonchev–Trinajstić information content (AvgIpc) is 2.45. The summed E-state index contributed by atoms with van der Waals surface area (Å²) in [6.45, 7) is 1.89. The number of piperazine rings is 1. The van der Waals surface area contributed by atoms with E-state index in [4.69, 9.17) is 4.74 Å². The maximum Gasteiger partial charge on any atom is 0.307 e. The van der Waals surface area contributed by atoms with E-state index in [0.29, 0.717) is 6.42 Å². The van der Waals surface area contributed by atoms with Gasteiger partial charge in [-0.05, 0) is 18.9 Å². The molecule has 108 valence electrons. The predicted molar refractivity (Wildman–Crippen MR) is 75.1 cm³/mol. The Morgan fingerprint density at radius 1 is 1.30 bits per heavy atom. The Kier molecular flexibility index (Phi) is 4.74. The zero-order chi connectivity index (χ0) is 14.5. The van der Waals surface area contributed by atoms with Gasteiger partial charge in [-0.1, -0.05) is 30.3 Å². The molecule has 1 saturated heterocycles. The molecule has 1 fully saturated rings. The summed E-state index contributed by atoms with van der Waals surface area (Å²) in [5, 5.41) is 6.17. The van der Waals surface area contributed by atoms with E-state index in [1.807, 2.05) is 37.3 Å². The van der Waals surface area contributed by atoms with Crippen molar-refractivity contribution in [2.45, 2.75) is 37.9 Å². The number of esters is 1. The first-order chi connectivity index (χ1) is 9.60. The molecule has 0 radical (unpaired) electrons. The normalized spacial score (nSPS) is 25.9. The lowest BCUT2D eigenvalue weighted by atomic mass is 9.96. The molecule has 0 spiro atoms. The summed E-state index contributed by atoms with van der Waals surface area (Å²) in [7, 11) is 1.37. The first-order valence-electron chi connectivity index (χ1n) is 6.77. The third-order valence-corrected chi connectivity index (χ3v) is 3.60. The summed E-state index contributed by atoms with van der Waals surface area (Å²) in [4.78, 5) is 23.4. The standard InChI is InChI=1S/C15H20N2O3/c1-10-12(9-14(18)20-2)17-13(15(19)16-10)8-11-6-4-3-5-7-11/h3-7,10,12-13,17H,8-9H2,1-2H3,(H,16,19)/t10-,12-,13+/m1/s1. The van der Waals surface area contributed by atoms with Crippen molar-refractivity contribution in [1.29, 1.82) is 0 Å². The molecule has 5 nitrogen and oxygen atoms in total. The molecule has 1 aliphatic rings. The highest BCUT2D eigenvalue weighted by Crippen LogP contribution is 2.12. The van der Waals surface area contributed by atoms with Gasteiger partial charge >= 0.3 is 5.97 Å². The van der Waals surface area contributed by atoms with Crippen LogP contribution in [0.3, 0.4) is 0 Å². The van der Waals surface area contributed by atoms with Crippen LogP contribution in [0.4, 0.5) is 0 Å². The van der Waals surface area contributed by atoms with E-state index in [9.17, 15) is 9.59 Å². The molecular weight excluding hydrogens is 256 g/mol. The molecule has 0 aromatic heterocycles. The van der Waals surface area contributed by atoms with Crippen molar-refractivity contribution in [2.24, 2.45) is 0 Å². The molecule has 2 N–H and O–H groups in total. The van der Waals surface area contributed by atoms with Crippen molar-refractivity contribution in [3.63, 3.8) is 0 Å². The average molecular weight is 276 g/mol. The molecule has 20 heavy (non-hydrogen) atoms. The zero-order valence-electron chi connectivity index (χ0n) is 11.8. The second kappa shape index (κ2) is 6.52. The molecule has 0 aliphatic carbocycles. The Hall–Kier alpha value is -1.88. The monoisotopic (exact) mass is 276 g/mol. The molecule has 1 aliphatic heterocycles. The van der Waals surface area contributed by atoms with Gasteiger partial charge in [-0.3, -0.25) is 9.59 Å². The lowest BCUT2D eigenvalue weighted by molar-refractivity contribution is -0.142. The summed E-state index contributed by atoms with van der Waals surface area (Å²) >= 11 is 0. The maximum atomic E-state index is 12.0. The quantitative estimate of drug-likeness (QED) is 0.792. The Bertz CT molecular complexity index is 475. The Balaban J connectivity index is 2.01. The second-order valence-corrected chi connectivity index (χ2v) is 5.09. The number of amides is 1. The highest BCUT2D eigenvalue weighted by molar-refractivity contribution is 5.83. The third kappa shape index (κ3) is 3.57. The number of benzene rings is 1. The van der Waals surface area contributed by atoms with E-state index in [1.54, 1.807) is 0 Å². The van der Waals surface area contributed by atoms with Crippen LogP contribution in [0.2, 0.25) is 0 Å². The number of rotatable bonds is 4. The molecule has 0 unspecified atom stereocenters. The molecule has 1 heterocycles. The second-order valence-electron chi connectivity index (χ2n) is 5.09. The van der Waals surface area contributed by atoms with Crippen LogP contribution in [-0.4, -0.2) is 37.1 Å². The zero-order valence-corrected chi connectivity index (χ0v) is 11.8. The van der Waals surface area contributed by atoms with Crippen LogP contribution in [0.25, 0.3) is 0 Å². The first-order valence-corrected chi connectivity index (χ1v) is 6.77. The summed E-state index contributed by atoms with van der Waals surface area (Å²) in [6, 6.07) is 9.31. The summed E-state index contributed by atoms with van der Waals surface area (Å²) in [5.74, 6) is -0.300. The van der Waals surface area contributed by atoms with Gasteiger partial charge in [0.15, 0.2) is 0 Å². The van der Waals surface area contributed by atoms with Crippen LogP contribution >= 0.6 is 0 Å². The van der Waals surface area contributed by atoms with Crippen LogP contribution in [0.1, 0.15) is 18.9 Å². The topological polar surface area (TPSA) is 67.4 Å². The number of ether oxygens (including phenoxy) is 1. The van der Waals surface area contributed by atoms with Crippen LogP contribution in [-0.2, 0) is 20.7 Å². The SMILES string of the molecule is COC(=O)C[C@H]1N[C@@H](Cc2ccccc2)C(=O)N[C@@H]1C. The third-order valence-electron chi connectivity index (χ3n) is 3.60. The molecule has 0 saturated carbocycles. The van der Waals surface area contributed by atoms with Crippen molar-refractivity contribution in [3.05, 3.63) is 35.9 Å². The molecule has 1 aromatic rings. The Morgan fingerprint density at radius 3 is 2.65 bits per heavy atom. The lowest BCUT2D eigenvalue weighted by Gasteiger charge is -2.35. The molecular formula is C15H20N2O3. The lowest BCUT2D eigenvalue weighted by Crippen LogP contribution is -2.63. The molecule has 5 heteroatoms. The number of hydrogen-bond donors (Lipinski definition) is 2. The van der Waals surface area contributed by atoms with E-state index in [0.717, 1.165) is 5.56 Å². The van der Waals surface area contributed by atoms with Gasteiger partial charge < -0.3 is 15.4 Å². The van der Waals surface area contributed by atoms with Crippen molar-refractivity contribution in [2.75, 3.05) is 7.11 Å². The Morgan fingerprint density at radius 2 is 2.00 bits per heavy atom. The Labute approximate surface area is 118 Å². The van der Waals surface area contributed by atoms with Crippen LogP contribution < -0.4 is 10.6 Å². The van der Waals surface area contributed by atoms with E-state index in [1.165, 1.54) is 7.11 Å². The fraction of sp³-hybridized carbons (Fsp3) is 0.467. The van der Waals surface area contributed by atoms with Gasteiger partial charge in [0, 0.05) is 12.1 Å². The smallest absolute Gasteiger partial charge is 0.307 e. The summed E-state index contributed by atoms with van der Waals surface area (Å²) in [6.07, 6.45) is 0.861. The van der Waals surface area contributed by atoms with Gasteiger partial charge in [-0.15, -0.1) is 0 Å². The van der Waals surface area contributed by atoms with Gasteiger partial charge in [0.25, 0.3) is 0 Å². The number of hydrogen-bond acceptors (Lipinski definition) is 4. The molecule has 3 atom stereocenters. The van der Waals surface area contributed by atoms with E-state index < -0.39 is 0 Å². The van der Waals surface area contributed by atoms with Gasteiger partial charge in [0.1, 0.15) is 0 Å². The van der Waals surface area contributed by atoms with Gasteiger partial charge in [-0.2, -0.15) is 0 Å². The maximum absolute atomic E-state index is 12.0. The number of carbonyl (C=O) groups is 2. The number of nitrogens with one attached hydrogen (secondary N) is 2. The van der Waals surface area contributed by atoms with E-state index in [-0.39, 0.29) is 36.4 Å². The number of methoxy groups -OCH3 is 1. The highest BCUT2D eigenvalue weighted by atomic mass is 16.5. The van der Waals surface area contributed by atoms with Crippen LogP contribution in [0.5, 0.6) is 0 Å². The highest BCUT2D eigenvalue weighted by Gasteiger charge is 2.33. The fourth-order valence-corrected chi connectivity index (χ4v) is 2.40. The van der Waals surface area contributed by atoms with Crippen molar-refractivity contribution < 1.29 is 14.3 Å². The first kappa shape index (κ1) is 14.5. The molecule has 1 amide bonds. The van der Waals surface area contributed by atoms with Crippen molar-refractivity contribution in [1.82, 2.24) is 10.6 Å². The molecule has 1 aromatic carbocycles. The fourth-order valence-electron chi connectivity index (χ4n) is 2.40. The van der Waals surface area contributed by atoms with Crippen LogP contribution in [0, 0.1) is 0 Å². The molecule has 0 bridgehead atoms. The van der Waals surface area contributed by atoms with Gasteiger partial charge in [-0.25, -0.2) is 0 Å². The van der Waals surface area contributed by atoms with E-state index in [2.05, 4.69) is 10.6 Å². The number of carbonyl (C=O) groups excluding carboxylic acids is 2. The van der Waals surface area contributed by atoms with Crippen LogP contribution in [0.15, 0.2) is 30.3 Å². The minimum Gasteiger partial charge on any atom is -0.469 e. The van der Waals surface area contributed by atoms with Crippen molar-refractivity contribution in [3.8, 4) is 0 Å². The predicted octanol–water partition coefficient (Wildman–Crippen LogP) is 0.637. The van der Waals surface area contributed by atoms with E-state index >= 15 is 0 Å². The summed E-state index contributed by atoms with van der Waals surface area (Å²) < 4.78 is 4.69. The van der Waals surface area contributed by atoms with Crippen molar-refractivity contribution >= 4 is 11.9 Å². The van der Waals surface area contributed by atoms with Gasteiger partial charge in [0.2, 0.25) is 5.91 Å². The summed E-state index contributed by atoms with van der Waals surface area (Å²) in [5.41, 5.74) is 1.09. The van der Waals surface area contributed by atoms with Gasteiger partial charge in [0.05, 0.1) is 19.6 Å². The minimum absolute atomic E-state index is 0.0255. The minimum atomic E-state index is -0.316.